The molecule has 1 amide bonds. The first-order chi connectivity index (χ1) is 6.27. The second-order valence-corrected chi connectivity index (χ2v) is 3.05. The van der Waals surface area contributed by atoms with Crippen molar-refractivity contribution >= 4 is 11.7 Å². The Morgan fingerprint density at radius 1 is 1.15 bits per heavy atom. The van der Waals surface area contributed by atoms with Crippen LogP contribution in [0.15, 0.2) is 30.3 Å². The Balaban J connectivity index is 2.28. The van der Waals surface area contributed by atoms with Gasteiger partial charge in [0, 0.05) is 0 Å². The van der Waals surface area contributed by atoms with Gasteiger partial charge in [0.1, 0.15) is 6.04 Å². The molecular formula is C10H9NO2. The number of carbonyl (C=O) groups is 2. The van der Waals surface area contributed by atoms with Crippen LogP contribution in [0.25, 0.3) is 0 Å². The minimum atomic E-state index is -0.423. The molecular weight excluding hydrogens is 166 g/mol. The monoisotopic (exact) mass is 175 g/mol. The fourth-order valence-corrected chi connectivity index (χ4v) is 1.47. The summed E-state index contributed by atoms with van der Waals surface area (Å²) in [6.45, 7) is 0. The topological polar surface area (TPSA) is 46.2 Å². The van der Waals surface area contributed by atoms with E-state index in [1.54, 1.807) is 0 Å². The zero-order valence-corrected chi connectivity index (χ0v) is 6.99. The van der Waals surface area contributed by atoms with Gasteiger partial charge in [-0.3, -0.25) is 9.59 Å². The molecule has 66 valence electrons. The molecule has 0 bridgehead atoms. The molecule has 3 heteroatoms. The minimum Gasteiger partial charge on any atom is -0.342 e. The summed E-state index contributed by atoms with van der Waals surface area (Å²) in [6, 6.07) is 8.85. The van der Waals surface area contributed by atoms with Gasteiger partial charge in [-0.1, -0.05) is 30.3 Å². The lowest BCUT2D eigenvalue weighted by molar-refractivity contribution is -0.122. The maximum absolute atomic E-state index is 11.3. The molecule has 1 heterocycles. The Hall–Kier alpha value is -1.64. The van der Waals surface area contributed by atoms with Crippen LogP contribution >= 0.6 is 0 Å². The quantitative estimate of drug-likeness (QED) is 0.642. The van der Waals surface area contributed by atoms with E-state index in [4.69, 9.17) is 0 Å². The number of nitrogens with one attached hydrogen (secondary N) is 1. The van der Waals surface area contributed by atoms with Gasteiger partial charge in [0.25, 0.3) is 0 Å². The van der Waals surface area contributed by atoms with Crippen molar-refractivity contribution in [3.63, 3.8) is 0 Å². The van der Waals surface area contributed by atoms with Gasteiger partial charge in [0.05, 0.1) is 6.42 Å². The molecule has 1 N–H and O–H groups in total. The molecule has 2 rings (SSSR count). The first kappa shape index (κ1) is 7.98. The third-order valence-corrected chi connectivity index (χ3v) is 2.09. The van der Waals surface area contributed by atoms with Crippen molar-refractivity contribution in [2.45, 2.75) is 12.5 Å². The summed E-state index contributed by atoms with van der Waals surface area (Å²) >= 11 is 0. The van der Waals surface area contributed by atoms with E-state index < -0.39 is 6.04 Å². The van der Waals surface area contributed by atoms with E-state index in [0.29, 0.717) is 0 Å². The van der Waals surface area contributed by atoms with E-state index in [-0.39, 0.29) is 18.1 Å². The standard InChI is InChI=1S/C10H9NO2/c12-8-6-9(13)11-10(8)7-4-2-1-3-5-7/h1-5,10H,6H2,(H,11,13). The third kappa shape index (κ3) is 1.45. The SMILES string of the molecule is O=C1CC(=O)C(c2ccccc2)N1. The lowest BCUT2D eigenvalue weighted by atomic mass is 10.0. The smallest absolute Gasteiger partial charge is 0.228 e. The van der Waals surface area contributed by atoms with Crippen LogP contribution in [0.1, 0.15) is 18.0 Å². The van der Waals surface area contributed by atoms with Crippen molar-refractivity contribution in [2.24, 2.45) is 0 Å². The molecule has 0 saturated carbocycles. The lowest BCUT2D eigenvalue weighted by Gasteiger charge is -2.07. The highest BCUT2D eigenvalue weighted by Crippen LogP contribution is 2.19. The van der Waals surface area contributed by atoms with Crippen molar-refractivity contribution in [3.05, 3.63) is 35.9 Å². The normalized spacial score (nSPS) is 21.7. The molecule has 0 aromatic heterocycles. The van der Waals surface area contributed by atoms with Crippen molar-refractivity contribution < 1.29 is 9.59 Å². The average molecular weight is 175 g/mol. The van der Waals surface area contributed by atoms with Crippen LogP contribution in [0.4, 0.5) is 0 Å². The Morgan fingerprint density at radius 3 is 2.38 bits per heavy atom. The summed E-state index contributed by atoms with van der Waals surface area (Å²) in [7, 11) is 0. The minimum absolute atomic E-state index is 0.0135. The Morgan fingerprint density at radius 2 is 1.85 bits per heavy atom. The number of carbonyl (C=O) groups excluding carboxylic acids is 2. The molecule has 1 aliphatic heterocycles. The highest BCUT2D eigenvalue weighted by molar-refractivity contribution is 6.07. The molecule has 1 atom stereocenters. The first-order valence-corrected chi connectivity index (χ1v) is 4.14. The van der Waals surface area contributed by atoms with E-state index in [9.17, 15) is 9.59 Å². The van der Waals surface area contributed by atoms with Crippen LogP contribution in [0, 0.1) is 0 Å². The molecule has 1 fully saturated rings. The summed E-state index contributed by atoms with van der Waals surface area (Å²) in [5.41, 5.74) is 0.860. The second-order valence-electron chi connectivity index (χ2n) is 3.05. The number of amides is 1. The highest BCUT2D eigenvalue weighted by atomic mass is 16.2. The summed E-state index contributed by atoms with van der Waals surface area (Å²) in [5, 5.41) is 2.63. The maximum atomic E-state index is 11.3. The van der Waals surface area contributed by atoms with Crippen molar-refractivity contribution in [3.8, 4) is 0 Å². The largest absolute Gasteiger partial charge is 0.342 e. The van der Waals surface area contributed by atoms with E-state index >= 15 is 0 Å². The van der Waals surface area contributed by atoms with Gasteiger partial charge in [0.15, 0.2) is 5.78 Å². The fraction of sp³-hybridized carbons (Fsp3) is 0.200. The maximum Gasteiger partial charge on any atom is 0.228 e. The number of ketones is 1. The molecule has 1 aliphatic rings. The summed E-state index contributed by atoms with van der Waals surface area (Å²) < 4.78 is 0. The van der Waals surface area contributed by atoms with Gasteiger partial charge in [-0.05, 0) is 5.56 Å². The predicted molar refractivity (Wildman–Crippen MR) is 46.9 cm³/mol. The number of benzene rings is 1. The molecule has 0 radical (unpaired) electrons. The van der Waals surface area contributed by atoms with Gasteiger partial charge in [-0.15, -0.1) is 0 Å². The van der Waals surface area contributed by atoms with E-state index in [0.717, 1.165) is 5.56 Å². The molecule has 0 aliphatic carbocycles. The van der Waals surface area contributed by atoms with Crippen LogP contribution in [-0.4, -0.2) is 11.7 Å². The van der Waals surface area contributed by atoms with Gasteiger partial charge >= 0.3 is 0 Å². The summed E-state index contributed by atoms with van der Waals surface area (Å²) in [4.78, 5) is 22.2. The van der Waals surface area contributed by atoms with Gasteiger partial charge < -0.3 is 5.32 Å². The number of hydrogen-bond donors (Lipinski definition) is 1. The fourth-order valence-electron chi connectivity index (χ4n) is 1.47. The summed E-state index contributed by atoms with van der Waals surface area (Å²) in [6.07, 6.45) is 0.0135. The average Bonchev–Trinajstić information content (AvgIpc) is 2.47. The Labute approximate surface area is 75.8 Å². The second kappa shape index (κ2) is 3.01. The van der Waals surface area contributed by atoms with Gasteiger partial charge in [0.2, 0.25) is 5.91 Å². The van der Waals surface area contributed by atoms with Crippen LogP contribution in [0.5, 0.6) is 0 Å². The van der Waals surface area contributed by atoms with Crippen molar-refractivity contribution in [1.29, 1.82) is 0 Å². The zero-order chi connectivity index (χ0) is 9.26. The van der Waals surface area contributed by atoms with Crippen LogP contribution in [0.3, 0.4) is 0 Å². The van der Waals surface area contributed by atoms with E-state index in [2.05, 4.69) is 5.32 Å². The lowest BCUT2D eigenvalue weighted by Crippen LogP contribution is -2.20. The molecule has 1 aromatic rings. The highest BCUT2D eigenvalue weighted by Gasteiger charge is 2.30. The molecule has 1 aromatic carbocycles. The molecule has 1 saturated heterocycles. The van der Waals surface area contributed by atoms with E-state index in [1.807, 2.05) is 30.3 Å². The molecule has 13 heavy (non-hydrogen) atoms. The molecule has 3 nitrogen and oxygen atoms in total. The molecule has 0 spiro atoms. The molecule has 1 unspecified atom stereocenters. The third-order valence-electron chi connectivity index (χ3n) is 2.09. The number of hydrogen-bond acceptors (Lipinski definition) is 2. The Kier molecular flexibility index (Phi) is 1.85. The van der Waals surface area contributed by atoms with Crippen LogP contribution < -0.4 is 5.32 Å². The zero-order valence-electron chi connectivity index (χ0n) is 6.99. The number of rotatable bonds is 1. The predicted octanol–water partition coefficient (Wildman–Crippen LogP) is 0.817. The van der Waals surface area contributed by atoms with Gasteiger partial charge in [-0.2, -0.15) is 0 Å². The first-order valence-electron chi connectivity index (χ1n) is 4.14. The van der Waals surface area contributed by atoms with E-state index in [1.165, 1.54) is 0 Å². The van der Waals surface area contributed by atoms with Crippen LogP contribution in [-0.2, 0) is 9.59 Å². The van der Waals surface area contributed by atoms with Gasteiger partial charge in [-0.25, -0.2) is 0 Å². The van der Waals surface area contributed by atoms with Crippen molar-refractivity contribution in [2.75, 3.05) is 0 Å². The number of Topliss-reactive ketones (excluding diaryl/α,β-unsaturated/α-hetero) is 1. The Bertz CT molecular complexity index is 345. The summed E-state index contributed by atoms with van der Waals surface area (Å²) in [5.74, 6) is -0.227. The van der Waals surface area contributed by atoms with Crippen molar-refractivity contribution in [1.82, 2.24) is 5.32 Å². The van der Waals surface area contributed by atoms with Crippen LogP contribution in [0.2, 0.25) is 0 Å².